The van der Waals surface area contributed by atoms with E-state index in [0.29, 0.717) is 36.8 Å². The van der Waals surface area contributed by atoms with Gasteiger partial charge in [0.2, 0.25) is 5.91 Å². The first kappa shape index (κ1) is 19.7. The normalized spacial score (nSPS) is 18.0. The highest BCUT2D eigenvalue weighted by Gasteiger charge is 2.23. The summed E-state index contributed by atoms with van der Waals surface area (Å²) in [7, 11) is -3.70. The molecule has 1 fully saturated rings. The predicted octanol–water partition coefficient (Wildman–Crippen LogP) is 2.04. The van der Waals surface area contributed by atoms with Crippen LogP contribution in [0.25, 0.3) is 0 Å². The zero-order valence-electron chi connectivity index (χ0n) is 14.8. The second-order valence-corrected chi connectivity index (χ2v) is 9.08. The highest BCUT2D eigenvalue weighted by Crippen LogP contribution is 2.18. The van der Waals surface area contributed by atoms with Gasteiger partial charge in [-0.25, -0.2) is 8.42 Å². The van der Waals surface area contributed by atoms with Crippen molar-refractivity contribution in [2.24, 2.45) is 4.99 Å². The van der Waals surface area contributed by atoms with Crippen molar-refractivity contribution in [3.63, 3.8) is 0 Å². The molecule has 3 rings (SSSR count). The van der Waals surface area contributed by atoms with Crippen molar-refractivity contribution in [1.82, 2.24) is 9.62 Å². The summed E-state index contributed by atoms with van der Waals surface area (Å²) in [4.78, 5) is 29.4. The summed E-state index contributed by atoms with van der Waals surface area (Å²) < 4.78 is 27.5. The second kappa shape index (κ2) is 8.75. The first-order valence-corrected chi connectivity index (χ1v) is 11.3. The number of hydrogen-bond donors (Lipinski definition) is 2. The molecule has 0 unspecified atom stereocenters. The minimum Gasteiger partial charge on any atom is -0.325 e. The first-order chi connectivity index (χ1) is 12.9. The van der Waals surface area contributed by atoms with Gasteiger partial charge in [-0.05, 0) is 37.1 Å². The largest absolute Gasteiger partial charge is 0.325 e. The van der Waals surface area contributed by atoms with Crippen LogP contribution in [0.2, 0.25) is 0 Å². The quantitative estimate of drug-likeness (QED) is 0.772. The third kappa shape index (κ3) is 5.46. The van der Waals surface area contributed by atoms with Crippen molar-refractivity contribution in [3.05, 3.63) is 24.3 Å². The minimum absolute atomic E-state index is 0.00668. The van der Waals surface area contributed by atoms with Crippen LogP contribution in [-0.2, 0) is 14.8 Å². The fourth-order valence-corrected chi connectivity index (χ4v) is 4.75. The van der Waals surface area contributed by atoms with Gasteiger partial charge in [0.05, 0.1) is 4.90 Å². The lowest BCUT2D eigenvalue weighted by molar-refractivity contribution is -0.116. The van der Waals surface area contributed by atoms with E-state index in [-0.39, 0.29) is 22.6 Å². The van der Waals surface area contributed by atoms with Crippen molar-refractivity contribution in [1.29, 1.82) is 0 Å². The number of carbonyl (C=O) groups excluding carboxylic acids is 2. The van der Waals surface area contributed by atoms with E-state index in [2.05, 4.69) is 15.0 Å². The maximum Gasteiger partial charge on any atom is 0.282 e. The zero-order chi connectivity index (χ0) is 19.3. The Morgan fingerprint density at radius 3 is 2.67 bits per heavy atom. The molecule has 1 aromatic carbocycles. The number of nitrogens with one attached hydrogen (secondary N) is 2. The van der Waals surface area contributed by atoms with Crippen LogP contribution < -0.4 is 10.0 Å². The Bertz CT molecular complexity index is 837. The van der Waals surface area contributed by atoms with Gasteiger partial charge in [-0.2, -0.15) is 0 Å². The van der Waals surface area contributed by atoms with Crippen LogP contribution in [0, 0.1) is 0 Å². The molecule has 0 saturated carbocycles. The number of amidine groups is 1. The maximum absolute atomic E-state index is 12.5. The molecule has 10 heteroatoms. The lowest BCUT2D eigenvalue weighted by Crippen LogP contribution is -2.33. The Morgan fingerprint density at radius 1 is 1.19 bits per heavy atom. The van der Waals surface area contributed by atoms with E-state index >= 15 is 0 Å². The van der Waals surface area contributed by atoms with Gasteiger partial charge in [0.15, 0.2) is 0 Å². The Balaban J connectivity index is 1.59. The number of rotatable bonds is 5. The van der Waals surface area contributed by atoms with Crippen molar-refractivity contribution in [3.8, 4) is 0 Å². The van der Waals surface area contributed by atoms with Gasteiger partial charge in [0.25, 0.3) is 15.3 Å². The fraction of sp³-hybridized carbons (Fsp3) is 0.471. The number of aliphatic imine (C=N–C) groups is 1. The van der Waals surface area contributed by atoms with Crippen LogP contribution in [-0.4, -0.2) is 55.7 Å². The molecule has 1 aromatic rings. The van der Waals surface area contributed by atoms with Crippen molar-refractivity contribution in [2.45, 2.75) is 30.6 Å². The SMILES string of the molecule is O=C(CN1CCSC1=O)Nc1ccc(S(=O)(=O)NC2=NCCCCC2)cc1. The standard InChI is InChI=1S/C17H22N4O4S2/c22-16(12-21-10-11-26-17(21)23)19-13-5-7-14(8-6-13)27(24,25)20-15-4-2-1-3-9-18-15/h5-8H,1-4,9-12H2,(H,18,20)(H,19,22). The molecule has 2 amide bonds. The molecule has 27 heavy (non-hydrogen) atoms. The van der Waals surface area contributed by atoms with Gasteiger partial charge in [-0.3, -0.25) is 19.3 Å². The molecule has 0 aliphatic carbocycles. The van der Waals surface area contributed by atoms with Crippen molar-refractivity contribution < 1.29 is 18.0 Å². The van der Waals surface area contributed by atoms with E-state index in [1.807, 2.05) is 0 Å². The molecule has 0 radical (unpaired) electrons. The number of anilines is 1. The summed E-state index contributed by atoms with van der Waals surface area (Å²) in [6.07, 6.45) is 3.57. The summed E-state index contributed by atoms with van der Waals surface area (Å²) >= 11 is 1.20. The highest BCUT2D eigenvalue weighted by atomic mass is 32.2. The molecule has 0 aromatic heterocycles. The summed E-state index contributed by atoms with van der Waals surface area (Å²) in [5.74, 6) is 0.877. The van der Waals surface area contributed by atoms with E-state index in [1.165, 1.54) is 40.9 Å². The molecule has 2 heterocycles. The molecular weight excluding hydrogens is 388 g/mol. The fourth-order valence-electron chi connectivity index (χ4n) is 2.83. The minimum atomic E-state index is -3.70. The summed E-state index contributed by atoms with van der Waals surface area (Å²) in [6.45, 7) is 1.19. The molecule has 8 nitrogen and oxygen atoms in total. The van der Waals surface area contributed by atoms with Crippen LogP contribution >= 0.6 is 11.8 Å². The number of sulfonamides is 1. The Labute approximate surface area is 162 Å². The number of carbonyl (C=O) groups is 2. The number of nitrogens with zero attached hydrogens (tertiary/aromatic N) is 2. The predicted molar refractivity (Wildman–Crippen MR) is 106 cm³/mol. The monoisotopic (exact) mass is 410 g/mol. The number of hydrogen-bond acceptors (Lipinski definition) is 6. The van der Waals surface area contributed by atoms with E-state index in [0.717, 1.165) is 19.3 Å². The lowest BCUT2D eigenvalue weighted by Gasteiger charge is -2.14. The van der Waals surface area contributed by atoms with E-state index in [4.69, 9.17) is 0 Å². The second-order valence-electron chi connectivity index (χ2n) is 6.35. The third-order valence-electron chi connectivity index (χ3n) is 4.25. The molecule has 2 N–H and O–H groups in total. The van der Waals surface area contributed by atoms with Gasteiger partial charge < -0.3 is 10.2 Å². The zero-order valence-corrected chi connectivity index (χ0v) is 16.4. The topological polar surface area (TPSA) is 108 Å². The van der Waals surface area contributed by atoms with E-state index in [1.54, 1.807) is 0 Å². The van der Waals surface area contributed by atoms with Crippen molar-refractivity contribution in [2.75, 3.05) is 30.7 Å². The average molecular weight is 411 g/mol. The maximum atomic E-state index is 12.5. The molecule has 1 saturated heterocycles. The molecule has 146 valence electrons. The average Bonchev–Trinajstić information content (AvgIpc) is 2.87. The molecule has 2 aliphatic rings. The van der Waals surface area contributed by atoms with Gasteiger partial charge in [0.1, 0.15) is 12.4 Å². The number of benzene rings is 1. The summed E-state index contributed by atoms with van der Waals surface area (Å²) in [6, 6.07) is 5.93. The van der Waals surface area contributed by atoms with Crippen LogP contribution in [0.3, 0.4) is 0 Å². The Kier molecular flexibility index (Phi) is 6.38. The molecule has 2 aliphatic heterocycles. The van der Waals surface area contributed by atoms with Gasteiger partial charge >= 0.3 is 0 Å². The van der Waals surface area contributed by atoms with Crippen LogP contribution in [0.1, 0.15) is 25.7 Å². The number of amides is 2. The third-order valence-corrected chi connectivity index (χ3v) is 6.54. The van der Waals surface area contributed by atoms with Crippen LogP contribution in [0.5, 0.6) is 0 Å². The van der Waals surface area contributed by atoms with Crippen LogP contribution in [0.15, 0.2) is 34.2 Å². The smallest absolute Gasteiger partial charge is 0.282 e. The van der Waals surface area contributed by atoms with Crippen molar-refractivity contribution >= 4 is 44.5 Å². The van der Waals surface area contributed by atoms with Gasteiger partial charge in [0, 0.05) is 31.0 Å². The first-order valence-electron chi connectivity index (χ1n) is 8.82. The van der Waals surface area contributed by atoms with E-state index < -0.39 is 10.0 Å². The highest BCUT2D eigenvalue weighted by molar-refractivity contribution is 8.13. The molecular formula is C17H22N4O4S2. The summed E-state index contributed by atoms with van der Waals surface area (Å²) in [5, 5.41) is 2.58. The summed E-state index contributed by atoms with van der Waals surface area (Å²) in [5.41, 5.74) is 0.477. The Hall–Kier alpha value is -2.07. The van der Waals surface area contributed by atoms with Crippen LogP contribution in [0.4, 0.5) is 10.5 Å². The van der Waals surface area contributed by atoms with E-state index in [9.17, 15) is 18.0 Å². The lowest BCUT2D eigenvalue weighted by atomic mass is 10.2. The number of thioether (sulfide) groups is 1. The molecule has 0 atom stereocenters. The van der Waals surface area contributed by atoms with Gasteiger partial charge in [-0.15, -0.1) is 0 Å². The van der Waals surface area contributed by atoms with Gasteiger partial charge in [-0.1, -0.05) is 18.2 Å². The Morgan fingerprint density at radius 2 is 1.96 bits per heavy atom. The molecule has 0 spiro atoms. The molecule has 0 bridgehead atoms.